The molecule has 0 bridgehead atoms. The first-order chi connectivity index (χ1) is 13.3. The van der Waals surface area contributed by atoms with Gasteiger partial charge in [0, 0.05) is 26.6 Å². The Balaban J connectivity index is 1.77. The smallest absolute Gasteiger partial charge is 0.263 e. The van der Waals surface area contributed by atoms with Gasteiger partial charge in [0.05, 0.1) is 19.1 Å². The molecule has 1 heterocycles. The van der Waals surface area contributed by atoms with E-state index in [0.717, 1.165) is 17.6 Å². The van der Waals surface area contributed by atoms with Crippen molar-refractivity contribution in [2.45, 2.75) is 19.1 Å². The summed E-state index contributed by atoms with van der Waals surface area (Å²) < 4.78 is 36.7. The van der Waals surface area contributed by atoms with Gasteiger partial charge in [-0.25, -0.2) is 8.42 Å². The third-order valence-electron chi connectivity index (χ3n) is 4.63. The second kappa shape index (κ2) is 8.10. The summed E-state index contributed by atoms with van der Waals surface area (Å²) in [7, 11) is -0.158. The van der Waals surface area contributed by atoms with Crippen molar-refractivity contribution in [1.82, 2.24) is 4.90 Å². The Morgan fingerprint density at radius 2 is 1.89 bits per heavy atom. The molecule has 0 N–H and O–H groups in total. The van der Waals surface area contributed by atoms with E-state index in [-0.39, 0.29) is 18.9 Å². The fraction of sp³-hybridized carbons (Fsp3) is 0.350. The van der Waals surface area contributed by atoms with Crippen LogP contribution in [0, 0.1) is 0 Å². The molecule has 1 aliphatic heterocycles. The maximum atomic E-state index is 13.0. The average Bonchev–Trinajstić information content (AvgIpc) is 2.87. The summed E-state index contributed by atoms with van der Waals surface area (Å²) in [5, 5.41) is 0. The van der Waals surface area contributed by atoms with Crippen LogP contribution in [0.5, 0.6) is 11.5 Å². The van der Waals surface area contributed by atoms with Crippen molar-refractivity contribution in [3.05, 3.63) is 54.1 Å². The van der Waals surface area contributed by atoms with Gasteiger partial charge in [-0.2, -0.15) is 0 Å². The van der Waals surface area contributed by atoms with Gasteiger partial charge in [0.1, 0.15) is 11.5 Å². The number of methoxy groups -OCH3 is 1. The van der Waals surface area contributed by atoms with Gasteiger partial charge in [0.2, 0.25) is 10.0 Å². The Morgan fingerprint density at radius 1 is 1.21 bits per heavy atom. The van der Waals surface area contributed by atoms with E-state index >= 15 is 0 Å². The molecule has 0 fully saturated rings. The van der Waals surface area contributed by atoms with Crippen LogP contribution >= 0.6 is 0 Å². The van der Waals surface area contributed by atoms with Gasteiger partial charge in [0.25, 0.3) is 5.91 Å². The summed E-state index contributed by atoms with van der Waals surface area (Å²) in [4.78, 5) is 14.5. The zero-order valence-electron chi connectivity index (χ0n) is 16.2. The van der Waals surface area contributed by atoms with Gasteiger partial charge in [0.15, 0.2) is 6.10 Å². The number of para-hydroxylation sites is 2. The lowest BCUT2D eigenvalue weighted by molar-refractivity contribution is -0.138. The molecular formula is C20H24N2O5S. The number of fused-ring (bicyclic) bond motifs is 1. The average molecular weight is 404 g/mol. The summed E-state index contributed by atoms with van der Waals surface area (Å²) in [6.45, 7) is 0.600. The van der Waals surface area contributed by atoms with E-state index in [9.17, 15) is 13.2 Å². The lowest BCUT2D eigenvalue weighted by Crippen LogP contribution is -2.40. The number of nitrogens with zero attached hydrogens (tertiary/aromatic N) is 2. The third-order valence-corrected chi connectivity index (χ3v) is 5.81. The number of rotatable bonds is 5. The van der Waals surface area contributed by atoms with Crippen LogP contribution in [-0.2, 0) is 21.4 Å². The highest BCUT2D eigenvalue weighted by Gasteiger charge is 2.32. The number of benzene rings is 2. The van der Waals surface area contributed by atoms with Crippen molar-refractivity contribution < 1.29 is 22.7 Å². The largest absolute Gasteiger partial charge is 0.497 e. The molecule has 0 radical (unpaired) electrons. The molecular weight excluding hydrogens is 380 g/mol. The highest BCUT2D eigenvalue weighted by molar-refractivity contribution is 7.92. The number of carbonyl (C=O) groups is 1. The van der Waals surface area contributed by atoms with Crippen molar-refractivity contribution in [2.75, 3.05) is 31.3 Å². The molecule has 3 rings (SSSR count). The van der Waals surface area contributed by atoms with Gasteiger partial charge in [-0.15, -0.1) is 0 Å². The van der Waals surface area contributed by atoms with Gasteiger partial charge >= 0.3 is 0 Å². The first kappa shape index (κ1) is 20.0. The van der Waals surface area contributed by atoms with E-state index in [1.807, 2.05) is 24.3 Å². The summed E-state index contributed by atoms with van der Waals surface area (Å²) in [5.74, 6) is 0.949. The first-order valence-electron chi connectivity index (χ1n) is 8.91. The summed E-state index contributed by atoms with van der Waals surface area (Å²) >= 11 is 0. The number of likely N-dealkylation sites (N-methyl/N-ethyl adjacent to an activating group) is 1. The first-order valence-corrected chi connectivity index (χ1v) is 10.8. The van der Waals surface area contributed by atoms with Crippen LogP contribution in [0.2, 0.25) is 0 Å². The molecule has 0 spiro atoms. The van der Waals surface area contributed by atoms with Gasteiger partial charge < -0.3 is 14.4 Å². The maximum absolute atomic E-state index is 13.0. The number of amides is 1. The minimum atomic E-state index is -3.47. The second-order valence-corrected chi connectivity index (χ2v) is 8.65. The van der Waals surface area contributed by atoms with Crippen LogP contribution in [0.4, 0.5) is 5.69 Å². The Bertz CT molecular complexity index is 943. The maximum Gasteiger partial charge on any atom is 0.263 e. The molecule has 0 saturated heterocycles. The zero-order chi connectivity index (χ0) is 20.3. The van der Waals surface area contributed by atoms with Crippen LogP contribution < -0.4 is 13.8 Å². The Morgan fingerprint density at radius 3 is 2.54 bits per heavy atom. The number of hydrogen-bond donors (Lipinski definition) is 0. The monoisotopic (exact) mass is 404 g/mol. The highest BCUT2D eigenvalue weighted by atomic mass is 32.2. The summed E-state index contributed by atoms with van der Waals surface area (Å²) in [6.07, 6.45) is 0.672. The molecule has 2 aromatic rings. The standard InChI is InChI=1S/C20H24N2O5S/c1-21(14-15-8-10-16(26-2)11-9-15)20(23)19-12-13-22(28(3,24)25)17-6-4-5-7-18(17)27-19/h4-11,19H,12-14H2,1-3H3. The molecule has 1 amide bonds. The lowest BCUT2D eigenvalue weighted by Gasteiger charge is -2.23. The van der Waals surface area contributed by atoms with E-state index in [4.69, 9.17) is 9.47 Å². The van der Waals surface area contributed by atoms with Crippen LogP contribution in [0.25, 0.3) is 0 Å². The molecule has 0 aromatic heterocycles. The molecule has 28 heavy (non-hydrogen) atoms. The Labute approximate surface area is 165 Å². The minimum absolute atomic E-state index is 0.183. The molecule has 0 saturated carbocycles. The number of sulfonamides is 1. The van der Waals surface area contributed by atoms with E-state index in [2.05, 4.69) is 0 Å². The highest BCUT2D eigenvalue weighted by Crippen LogP contribution is 2.34. The summed E-state index contributed by atoms with van der Waals surface area (Å²) in [5.41, 5.74) is 1.42. The van der Waals surface area contributed by atoms with Crippen LogP contribution in [0.1, 0.15) is 12.0 Å². The molecule has 7 nitrogen and oxygen atoms in total. The van der Waals surface area contributed by atoms with Crippen molar-refractivity contribution in [1.29, 1.82) is 0 Å². The van der Waals surface area contributed by atoms with Crippen molar-refractivity contribution in [2.24, 2.45) is 0 Å². The van der Waals surface area contributed by atoms with Crippen LogP contribution in [-0.4, -0.2) is 52.3 Å². The van der Waals surface area contributed by atoms with E-state index in [0.29, 0.717) is 18.0 Å². The Kier molecular flexibility index (Phi) is 5.79. The van der Waals surface area contributed by atoms with Gasteiger partial charge in [-0.1, -0.05) is 24.3 Å². The number of hydrogen-bond acceptors (Lipinski definition) is 5. The van der Waals surface area contributed by atoms with Crippen molar-refractivity contribution >= 4 is 21.6 Å². The normalized spacial score (nSPS) is 16.5. The molecule has 1 unspecified atom stereocenters. The second-order valence-electron chi connectivity index (χ2n) is 6.74. The molecule has 2 aromatic carbocycles. The van der Waals surface area contributed by atoms with E-state index in [1.165, 1.54) is 4.31 Å². The SMILES string of the molecule is COc1ccc(CN(C)C(=O)C2CCN(S(C)(=O)=O)c3ccccc3O2)cc1. The summed E-state index contributed by atoms with van der Waals surface area (Å²) in [6, 6.07) is 14.4. The van der Waals surface area contributed by atoms with Crippen molar-refractivity contribution in [3.63, 3.8) is 0 Å². The fourth-order valence-corrected chi connectivity index (χ4v) is 4.12. The number of anilines is 1. The third kappa shape index (κ3) is 4.39. The minimum Gasteiger partial charge on any atom is -0.497 e. The predicted molar refractivity (Wildman–Crippen MR) is 107 cm³/mol. The van der Waals surface area contributed by atoms with Crippen LogP contribution in [0.15, 0.2) is 48.5 Å². The van der Waals surface area contributed by atoms with Crippen LogP contribution in [0.3, 0.4) is 0 Å². The van der Waals surface area contributed by atoms with Gasteiger partial charge in [-0.3, -0.25) is 9.10 Å². The number of ether oxygens (including phenoxy) is 2. The quantitative estimate of drug-likeness (QED) is 0.764. The molecule has 8 heteroatoms. The zero-order valence-corrected chi connectivity index (χ0v) is 17.0. The Hall–Kier alpha value is -2.74. The predicted octanol–water partition coefficient (Wildman–Crippen LogP) is 2.27. The topological polar surface area (TPSA) is 76.2 Å². The molecule has 1 atom stereocenters. The van der Waals surface area contributed by atoms with Crippen molar-refractivity contribution in [3.8, 4) is 11.5 Å². The molecule has 0 aliphatic carbocycles. The van der Waals surface area contributed by atoms with E-state index in [1.54, 1.807) is 43.3 Å². The fourth-order valence-electron chi connectivity index (χ4n) is 3.18. The molecule has 1 aliphatic rings. The van der Waals surface area contributed by atoms with E-state index < -0.39 is 16.1 Å². The van der Waals surface area contributed by atoms with Gasteiger partial charge in [-0.05, 0) is 29.8 Å². The molecule has 150 valence electrons. The number of carbonyl (C=O) groups excluding carboxylic acids is 1. The lowest BCUT2D eigenvalue weighted by atomic mass is 10.1.